The topological polar surface area (TPSA) is 69.4 Å². The molecular weight excluding hydrogens is 596 g/mol. The van der Waals surface area contributed by atoms with E-state index in [1.165, 1.54) is 4.68 Å². The molecule has 0 aliphatic rings. The van der Waals surface area contributed by atoms with Crippen LogP contribution in [0.2, 0.25) is 15.1 Å². The highest BCUT2D eigenvalue weighted by Crippen LogP contribution is 2.35. The van der Waals surface area contributed by atoms with Gasteiger partial charge in [0.15, 0.2) is 5.69 Å². The molecule has 0 bridgehead atoms. The zero-order valence-corrected chi connectivity index (χ0v) is 24.9. The number of alkyl halides is 3. The number of benzene rings is 2. The van der Waals surface area contributed by atoms with Crippen molar-refractivity contribution in [3.8, 4) is 27.9 Å². The van der Waals surface area contributed by atoms with Crippen molar-refractivity contribution in [3.05, 3.63) is 104 Å². The summed E-state index contributed by atoms with van der Waals surface area (Å²) in [6.07, 6.45) is -4.51. The molecule has 2 aromatic carbocycles. The van der Waals surface area contributed by atoms with Gasteiger partial charge < -0.3 is 0 Å². The summed E-state index contributed by atoms with van der Waals surface area (Å²) in [4.78, 5) is 0. The van der Waals surface area contributed by atoms with Crippen LogP contribution in [0.5, 0.6) is 0 Å². The molecule has 0 N–H and O–H groups in total. The third-order valence-corrected chi connectivity index (χ3v) is 7.16. The highest BCUT2D eigenvalue weighted by Gasteiger charge is 2.35. The van der Waals surface area contributed by atoms with Crippen LogP contribution in [-0.4, -0.2) is 30.2 Å². The van der Waals surface area contributed by atoms with Crippen molar-refractivity contribution >= 4 is 34.8 Å². The van der Waals surface area contributed by atoms with Gasteiger partial charge in [0.25, 0.3) is 0 Å². The number of rotatable bonds is 3. The standard InChI is InChI=1S/C17H14ClF3N4.C12H10Cl2N2/c1-9-8-14(17(19,20)21)24-25(9)16-11(3)23-22-10(2)15(16)12-4-6-13(18)7-5-12;1-7-11(12(14)8(2)16-15-7)9-3-5-10(13)6-4-9/h4-8H,1-3H3;3-6H,1-2H3. The van der Waals surface area contributed by atoms with Crippen molar-refractivity contribution in [3.63, 3.8) is 0 Å². The summed E-state index contributed by atoms with van der Waals surface area (Å²) < 4.78 is 40.3. The Labute approximate surface area is 250 Å². The number of nitrogens with zero attached hydrogens (tertiary/aromatic N) is 6. The van der Waals surface area contributed by atoms with E-state index in [0.29, 0.717) is 43.4 Å². The van der Waals surface area contributed by atoms with Gasteiger partial charge in [-0.2, -0.15) is 38.7 Å². The number of hydrogen-bond acceptors (Lipinski definition) is 5. The van der Waals surface area contributed by atoms with Crippen molar-refractivity contribution < 1.29 is 13.2 Å². The Morgan fingerprint density at radius 1 is 0.610 bits per heavy atom. The number of halogens is 6. The first kappa shape index (κ1) is 30.4. The number of aryl methyl sites for hydroxylation is 5. The van der Waals surface area contributed by atoms with Crippen LogP contribution in [0.15, 0.2) is 54.6 Å². The van der Waals surface area contributed by atoms with Gasteiger partial charge in [0.2, 0.25) is 0 Å². The van der Waals surface area contributed by atoms with E-state index < -0.39 is 11.9 Å². The van der Waals surface area contributed by atoms with Crippen LogP contribution in [0, 0.1) is 34.6 Å². The highest BCUT2D eigenvalue weighted by atomic mass is 35.5. The van der Waals surface area contributed by atoms with Crippen molar-refractivity contribution in [2.24, 2.45) is 0 Å². The fourth-order valence-electron chi connectivity index (χ4n) is 4.20. The molecule has 41 heavy (non-hydrogen) atoms. The summed E-state index contributed by atoms with van der Waals surface area (Å²) in [6, 6.07) is 15.6. The number of aromatic nitrogens is 6. The van der Waals surface area contributed by atoms with Crippen LogP contribution in [-0.2, 0) is 6.18 Å². The molecule has 0 amide bonds. The molecule has 0 atom stereocenters. The molecule has 0 unspecified atom stereocenters. The Hall–Kier alpha value is -3.53. The molecule has 0 aliphatic heterocycles. The summed E-state index contributed by atoms with van der Waals surface area (Å²) in [7, 11) is 0. The molecule has 5 rings (SSSR count). The molecular formula is C29H24Cl3F3N6. The third kappa shape index (κ3) is 6.69. The third-order valence-electron chi connectivity index (χ3n) is 6.20. The second-order valence-corrected chi connectivity index (χ2v) is 10.5. The Balaban J connectivity index is 0.000000208. The minimum absolute atomic E-state index is 0.359. The quantitative estimate of drug-likeness (QED) is 0.202. The van der Waals surface area contributed by atoms with Crippen LogP contribution in [0.1, 0.15) is 34.2 Å². The molecule has 0 spiro atoms. The van der Waals surface area contributed by atoms with Gasteiger partial charge in [-0.05, 0) is 76.1 Å². The van der Waals surface area contributed by atoms with Gasteiger partial charge in [-0.25, -0.2) is 4.68 Å². The Morgan fingerprint density at radius 2 is 1.05 bits per heavy atom. The molecule has 3 aromatic heterocycles. The minimum Gasteiger partial charge on any atom is -0.235 e. The molecule has 0 aliphatic carbocycles. The van der Waals surface area contributed by atoms with Gasteiger partial charge in [0, 0.05) is 26.9 Å². The normalized spacial score (nSPS) is 11.3. The van der Waals surface area contributed by atoms with Gasteiger partial charge in [0.1, 0.15) is 0 Å². The van der Waals surface area contributed by atoms with Crippen molar-refractivity contribution in [2.75, 3.05) is 0 Å². The van der Waals surface area contributed by atoms with E-state index in [0.717, 1.165) is 34.1 Å². The van der Waals surface area contributed by atoms with Gasteiger partial charge in [-0.1, -0.05) is 59.1 Å². The average Bonchev–Trinajstić information content (AvgIpc) is 3.31. The van der Waals surface area contributed by atoms with E-state index in [1.54, 1.807) is 45.0 Å². The molecule has 12 heteroatoms. The van der Waals surface area contributed by atoms with E-state index >= 15 is 0 Å². The lowest BCUT2D eigenvalue weighted by molar-refractivity contribution is -0.141. The number of hydrogen-bond donors (Lipinski definition) is 0. The molecule has 212 valence electrons. The Morgan fingerprint density at radius 3 is 1.54 bits per heavy atom. The van der Waals surface area contributed by atoms with E-state index in [2.05, 4.69) is 25.5 Å². The molecule has 0 saturated carbocycles. The smallest absolute Gasteiger partial charge is 0.235 e. The summed E-state index contributed by atoms with van der Waals surface area (Å²) in [5, 5.41) is 21.9. The summed E-state index contributed by atoms with van der Waals surface area (Å²) in [6.45, 7) is 8.75. The van der Waals surface area contributed by atoms with Gasteiger partial charge in [0.05, 0.1) is 33.5 Å². The van der Waals surface area contributed by atoms with Gasteiger partial charge >= 0.3 is 6.18 Å². The first-order chi connectivity index (χ1) is 19.3. The molecule has 5 aromatic rings. The van der Waals surface area contributed by atoms with Gasteiger partial charge in [-0.3, -0.25) is 0 Å². The largest absolute Gasteiger partial charge is 0.435 e. The SMILES string of the molecule is Cc1nnc(C)c(-c2ccc(Cl)cc2)c1Cl.Cc1nnc(C)c(-n2nc(C(F)(F)F)cc2C)c1-c1ccc(Cl)cc1. The Bertz CT molecular complexity index is 1700. The maximum atomic E-state index is 13.0. The lowest BCUT2D eigenvalue weighted by atomic mass is 10.0. The zero-order valence-electron chi connectivity index (χ0n) is 22.6. The maximum absolute atomic E-state index is 13.0. The second-order valence-electron chi connectivity index (χ2n) is 9.25. The average molecular weight is 620 g/mol. The molecule has 3 heterocycles. The highest BCUT2D eigenvalue weighted by molar-refractivity contribution is 6.34. The Kier molecular flexibility index (Phi) is 9.01. The van der Waals surface area contributed by atoms with E-state index in [-0.39, 0.29) is 0 Å². The van der Waals surface area contributed by atoms with Crippen LogP contribution in [0.3, 0.4) is 0 Å². The van der Waals surface area contributed by atoms with Crippen LogP contribution < -0.4 is 0 Å². The summed E-state index contributed by atoms with van der Waals surface area (Å²) in [5.41, 5.74) is 5.89. The van der Waals surface area contributed by atoms with Crippen LogP contribution >= 0.6 is 34.8 Å². The van der Waals surface area contributed by atoms with Crippen molar-refractivity contribution in [2.45, 2.75) is 40.8 Å². The second kappa shape index (κ2) is 12.1. The zero-order chi connectivity index (χ0) is 30.1. The maximum Gasteiger partial charge on any atom is 0.435 e. The summed E-state index contributed by atoms with van der Waals surface area (Å²) in [5.74, 6) is 0. The van der Waals surface area contributed by atoms with E-state index in [9.17, 15) is 13.2 Å². The predicted octanol–water partition coefficient (Wildman–Crippen LogP) is 8.99. The molecule has 0 saturated heterocycles. The fraction of sp³-hybridized carbons (Fsp3) is 0.207. The lowest BCUT2D eigenvalue weighted by Crippen LogP contribution is -2.11. The minimum atomic E-state index is -4.51. The fourth-order valence-corrected chi connectivity index (χ4v) is 4.73. The summed E-state index contributed by atoms with van der Waals surface area (Å²) >= 11 is 18.0. The van der Waals surface area contributed by atoms with E-state index in [4.69, 9.17) is 34.8 Å². The monoisotopic (exact) mass is 618 g/mol. The lowest BCUT2D eigenvalue weighted by Gasteiger charge is -2.15. The van der Waals surface area contributed by atoms with Gasteiger partial charge in [-0.15, -0.1) is 0 Å². The van der Waals surface area contributed by atoms with E-state index in [1.807, 2.05) is 38.1 Å². The first-order valence-electron chi connectivity index (χ1n) is 12.3. The van der Waals surface area contributed by atoms with Crippen LogP contribution in [0.4, 0.5) is 13.2 Å². The van der Waals surface area contributed by atoms with Crippen molar-refractivity contribution in [1.82, 2.24) is 30.2 Å². The molecule has 6 nitrogen and oxygen atoms in total. The van der Waals surface area contributed by atoms with Crippen molar-refractivity contribution in [1.29, 1.82) is 0 Å². The first-order valence-corrected chi connectivity index (χ1v) is 13.4. The van der Waals surface area contributed by atoms with Crippen LogP contribution in [0.25, 0.3) is 27.9 Å². The predicted molar refractivity (Wildman–Crippen MR) is 156 cm³/mol. The molecule has 0 radical (unpaired) electrons. The molecule has 0 fully saturated rings.